The topological polar surface area (TPSA) is 47.7 Å². The lowest BCUT2D eigenvalue weighted by Gasteiger charge is -2.29. The molecule has 1 fully saturated rings. The number of ether oxygens (including phenoxy) is 2. The summed E-state index contributed by atoms with van der Waals surface area (Å²) in [5, 5.41) is 0. The van der Waals surface area contributed by atoms with Crippen LogP contribution in [0.5, 0.6) is 5.75 Å². The molecule has 4 heteroatoms. The molecule has 0 aromatic heterocycles. The Morgan fingerprint density at radius 1 is 1.35 bits per heavy atom. The Morgan fingerprint density at radius 3 is 2.70 bits per heavy atom. The average Bonchev–Trinajstić information content (AvgIpc) is 2.48. The molecule has 0 spiro atoms. The molecule has 0 radical (unpaired) electrons. The first kappa shape index (κ1) is 15.3. The SMILES string of the molecule is COc1ccc(C(N)CN(C)CC2CCCCO2)cc1. The maximum Gasteiger partial charge on any atom is 0.118 e. The van der Waals surface area contributed by atoms with Crippen molar-refractivity contribution in [1.29, 1.82) is 0 Å². The van der Waals surface area contributed by atoms with E-state index in [1.165, 1.54) is 19.3 Å². The smallest absolute Gasteiger partial charge is 0.118 e. The first-order valence-electron chi connectivity index (χ1n) is 7.38. The molecule has 20 heavy (non-hydrogen) atoms. The van der Waals surface area contributed by atoms with Gasteiger partial charge in [-0.25, -0.2) is 0 Å². The van der Waals surface area contributed by atoms with Crippen molar-refractivity contribution in [3.8, 4) is 5.75 Å². The summed E-state index contributed by atoms with van der Waals surface area (Å²) in [6.07, 6.45) is 4.02. The van der Waals surface area contributed by atoms with E-state index in [0.29, 0.717) is 6.10 Å². The zero-order valence-electron chi connectivity index (χ0n) is 12.5. The van der Waals surface area contributed by atoms with Crippen molar-refractivity contribution in [3.63, 3.8) is 0 Å². The van der Waals surface area contributed by atoms with Crippen LogP contribution in [0.4, 0.5) is 0 Å². The van der Waals surface area contributed by atoms with Gasteiger partial charge in [-0.2, -0.15) is 0 Å². The number of rotatable bonds is 6. The Bertz CT molecular complexity index is 388. The van der Waals surface area contributed by atoms with E-state index >= 15 is 0 Å². The molecule has 0 bridgehead atoms. The van der Waals surface area contributed by atoms with Crippen LogP contribution in [0.3, 0.4) is 0 Å². The molecule has 0 saturated carbocycles. The molecule has 1 aromatic carbocycles. The second-order valence-electron chi connectivity index (χ2n) is 5.59. The highest BCUT2D eigenvalue weighted by Crippen LogP contribution is 2.18. The largest absolute Gasteiger partial charge is 0.497 e. The summed E-state index contributed by atoms with van der Waals surface area (Å²) in [5.41, 5.74) is 7.41. The Kier molecular flexibility index (Phi) is 5.83. The van der Waals surface area contributed by atoms with Gasteiger partial charge in [-0.3, -0.25) is 0 Å². The van der Waals surface area contributed by atoms with Gasteiger partial charge in [0, 0.05) is 25.7 Å². The molecular formula is C16H26N2O2. The Morgan fingerprint density at radius 2 is 2.10 bits per heavy atom. The Labute approximate surface area is 121 Å². The standard InChI is InChI=1S/C16H26N2O2/c1-18(11-15-5-3-4-10-20-15)12-16(17)13-6-8-14(19-2)9-7-13/h6-9,15-16H,3-5,10-12,17H2,1-2H3. The maximum absolute atomic E-state index is 6.27. The number of benzene rings is 1. The lowest BCUT2D eigenvalue weighted by molar-refractivity contribution is -0.00214. The van der Waals surface area contributed by atoms with Gasteiger partial charge < -0.3 is 20.1 Å². The molecule has 0 amide bonds. The van der Waals surface area contributed by atoms with E-state index in [0.717, 1.165) is 31.0 Å². The molecule has 2 rings (SSSR count). The van der Waals surface area contributed by atoms with Crippen molar-refractivity contribution < 1.29 is 9.47 Å². The molecule has 1 heterocycles. The van der Waals surface area contributed by atoms with Gasteiger partial charge in [0.05, 0.1) is 13.2 Å². The van der Waals surface area contributed by atoms with Crippen molar-refractivity contribution >= 4 is 0 Å². The molecule has 1 aliphatic heterocycles. The van der Waals surface area contributed by atoms with E-state index in [9.17, 15) is 0 Å². The zero-order valence-corrected chi connectivity index (χ0v) is 12.5. The predicted molar refractivity (Wildman–Crippen MR) is 81.0 cm³/mol. The molecule has 2 unspecified atom stereocenters. The third-order valence-corrected chi connectivity index (χ3v) is 3.84. The van der Waals surface area contributed by atoms with Crippen LogP contribution >= 0.6 is 0 Å². The molecule has 1 aliphatic rings. The quantitative estimate of drug-likeness (QED) is 0.866. The van der Waals surface area contributed by atoms with Crippen LogP contribution in [0.2, 0.25) is 0 Å². The van der Waals surface area contributed by atoms with E-state index in [-0.39, 0.29) is 6.04 Å². The Balaban J connectivity index is 1.81. The maximum atomic E-state index is 6.27. The van der Waals surface area contributed by atoms with E-state index in [1.54, 1.807) is 7.11 Å². The van der Waals surface area contributed by atoms with Crippen molar-refractivity contribution in [2.75, 3.05) is 33.9 Å². The molecule has 2 N–H and O–H groups in total. The number of nitrogens with zero attached hydrogens (tertiary/aromatic N) is 1. The van der Waals surface area contributed by atoms with Crippen molar-refractivity contribution in [2.45, 2.75) is 31.4 Å². The van der Waals surface area contributed by atoms with Gasteiger partial charge in [-0.15, -0.1) is 0 Å². The molecular weight excluding hydrogens is 252 g/mol. The Hall–Kier alpha value is -1.10. The molecule has 1 saturated heterocycles. The fourth-order valence-corrected chi connectivity index (χ4v) is 2.67. The van der Waals surface area contributed by atoms with Crippen LogP contribution in [0.25, 0.3) is 0 Å². The fourth-order valence-electron chi connectivity index (χ4n) is 2.67. The summed E-state index contributed by atoms with van der Waals surface area (Å²) in [4.78, 5) is 2.27. The van der Waals surface area contributed by atoms with Gasteiger partial charge in [0.2, 0.25) is 0 Å². The summed E-state index contributed by atoms with van der Waals surface area (Å²) in [7, 11) is 3.79. The monoisotopic (exact) mass is 278 g/mol. The van der Waals surface area contributed by atoms with Crippen LogP contribution in [0.15, 0.2) is 24.3 Å². The van der Waals surface area contributed by atoms with Crippen molar-refractivity contribution in [2.24, 2.45) is 5.73 Å². The number of hydrogen-bond donors (Lipinski definition) is 1. The van der Waals surface area contributed by atoms with Gasteiger partial charge in [0.25, 0.3) is 0 Å². The van der Waals surface area contributed by atoms with Crippen LogP contribution in [-0.2, 0) is 4.74 Å². The number of nitrogens with two attached hydrogens (primary N) is 1. The van der Waals surface area contributed by atoms with E-state index in [4.69, 9.17) is 15.2 Å². The van der Waals surface area contributed by atoms with Crippen LogP contribution < -0.4 is 10.5 Å². The van der Waals surface area contributed by atoms with Gasteiger partial charge in [-0.05, 0) is 44.0 Å². The number of methoxy groups -OCH3 is 1. The van der Waals surface area contributed by atoms with E-state index in [1.807, 2.05) is 24.3 Å². The van der Waals surface area contributed by atoms with Gasteiger partial charge in [0.1, 0.15) is 5.75 Å². The number of likely N-dealkylation sites (N-methyl/N-ethyl adjacent to an activating group) is 1. The second kappa shape index (κ2) is 7.62. The van der Waals surface area contributed by atoms with Gasteiger partial charge >= 0.3 is 0 Å². The van der Waals surface area contributed by atoms with Crippen molar-refractivity contribution in [1.82, 2.24) is 4.90 Å². The molecule has 1 aromatic rings. The third kappa shape index (κ3) is 4.47. The molecule has 4 nitrogen and oxygen atoms in total. The minimum atomic E-state index is 0.0227. The van der Waals surface area contributed by atoms with Gasteiger partial charge in [0.15, 0.2) is 0 Å². The summed E-state index contributed by atoms with van der Waals surface area (Å²) in [6.45, 7) is 2.71. The van der Waals surface area contributed by atoms with E-state index in [2.05, 4.69) is 11.9 Å². The highest BCUT2D eigenvalue weighted by molar-refractivity contribution is 5.29. The molecule has 112 valence electrons. The van der Waals surface area contributed by atoms with E-state index < -0.39 is 0 Å². The highest BCUT2D eigenvalue weighted by Gasteiger charge is 2.17. The predicted octanol–water partition coefficient (Wildman–Crippen LogP) is 2.20. The fraction of sp³-hybridized carbons (Fsp3) is 0.625. The molecule has 2 atom stereocenters. The normalized spacial score (nSPS) is 20.9. The van der Waals surface area contributed by atoms with Crippen LogP contribution in [0.1, 0.15) is 30.9 Å². The van der Waals surface area contributed by atoms with Crippen LogP contribution in [0, 0.1) is 0 Å². The van der Waals surface area contributed by atoms with Crippen LogP contribution in [-0.4, -0.2) is 44.9 Å². The first-order valence-corrected chi connectivity index (χ1v) is 7.38. The highest BCUT2D eigenvalue weighted by atomic mass is 16.5. The van der Waals surface area contributed by atoms with Crippen molar-refractivity contribution in [3.05, 3.63) is 29.8 Å². The average molecular weight is 278 g/mol. The summed E-state index contributed by atoms with van der Waals surface area (Å²) in [5.74, 6) is 0.866. The van der Waals surface area contributed by atoms with Gasteiger partial charge in [-0.1, -0.05) is 12.1 Å². The molecule has 0 aliphatic carbocycles. The summed E-state index contributed by atoms with van der Waals surface area (Å²) < 4.78 is 10.9. The summed E-state index contributed by atoms with van der Waals surface area (Å²) >= 11 is 0. The summed E-state index contributed by atoms with van der Waals surface area (Å²) in [6, 6.07) is 8.01. The minimum absolute atomic E-state index is 0.0227. The zero-order chi connectivity index (χ0) is 14.4. The lowest BCUT2D eigenvalue weighted by Crippen LogP contribution is -2.37. The number of hydrogen-bond acceptors (Lipinski definition) is 4. The first-order chi connectivity index (χ1) is 9.69. The second-order valence-corrected chi connectivity index (χ2v) is 5.59. The minimum Gasteiger partial charge on any atom is -0.497 e. The third-order valence-electron chi connectivity index (χ3n) is 3.84. The lowest BCUT2D eigenvalue weighted by atomic mass is 10.1.